The summed E-state index contributed by atoms with van der Waals surface area (Å²) in [5.74, 6) is 0. The van der Waals surface area contributed by atoms with Crippen LogP contribution >= 0.6 is 0 Å². The number of nitrogens with zero attached hydrogens (tertiary/aromatic N) is 2. The first kappa shape index (κ1) is 11.0. The van der Waals surface area contributed by atoms with E-state index in [1.54, 1.807) is 0 Å². The highest BCUT2D eigenvalue weighted by atomic mass is 16.4. The zero-order valence-corrected chi connectivity index (χ0v) is 8.85. The van der Waals surface area contributed by atoms with Crippen molar-refractivity contribution in [3.8, 4) is 0 Å². The smallest absolute Gasteiger partial charge is 0.423 e. The van der Waals surface area contributed by atoms with Crippen LogP contribution in [0.5, 0.6) is 0 Å². The minimum Gasteiger partial charge on any atom is -0.464 e. The van der Waals surface area contributed by atoms with E-state index in [0.29, 0.717) is 0 Å². The lowest BCUT2D eigenvalue weighted by Crippen LogP contribution is -2.53. The second kappa shape index (κ2) is 3.82. The van der Waals surface area contributed by atoms with Crippen molar-refractivity contribution < 1.29 is 19.8 Å². The first-order valence-corrected chi connectivity index (χ1v) is 5.35. The van der Waals surface area contributed by atoms with Gasteiger partial charge < -0.3 is 10.2 Å². The van der Waals surface area contributed by atoms with Crippen LogP contribution in [0.15, 0.2) is 0 Å². The van der Waals surface area contributed by atoms with Gasteiger partial charge in [-0.15, -0.1) is 5.53 Å². The molecule has 90 valence electrons. The maximum Gasteiger partial charge on any atom is 0.423 e. The van der Waals surface area contributed by atoms with E-state index in [9.17, 15) is 9.59 Å². The van der Waals surface area contributed by atoms with E-state index in [1.807, 2.05) is 0 Å². The molecular weight excluding hydrogens is 214 g/mol. The Kier molecular flexibility index (Phi) is 2.63. The Balaban J connectivity index is 2.20. The van der Waals surface area contributed by atoms with Crippen molar-refractivity contribution in [2.24, 2.45) is 0 Å². The van der Waals surface area contributed by atoms with Crippen LogP contribution in [0.2, 0.25) is 0 Å². The van der Waals surface area contributed by atoms with Crippen molar-refractivity contribution >= 4 is 12.2 Å². The van der Waals surface area contributed by atoms with Gasteiger partial charge >= 0.3 is 12.2 Å². The van der Waals surface area contributed by atoms with Crippen molar-refractivity contribution in [3.05, 3.63) is 0 Å². The van der Waals surface area contributed by atoms with E-state index < -0.39 is 17.7 Å². The third kappa shape index (κ3) is 1.67. The number of rotatable bonds is 0. The van der Waals surface area contributed by atoms with Gasteiger partial charge in [-0.3, -0.25) is 0 Å². The average molecular weight is 229 g/mol. The normalized spacial score (nSPS) is 23.8. The molecule has 0 bridgehead atoms. The lowest BCUT2D eigenvalue weighted by Gasteiger charge is -2.37. The van der Waals surface area contributed by atoms with Gasteiger partial charge in [0.15, 0.2) is 0 Å². The lowest BCUT2D eigenvalue weighted by molar-refractivity contribution is 0.0447. The summed E-state index contributed by atoms with van der Waals surface area (Å²) in [5.41, 5.74) is 1.85. The third-order valence-electron chi connectivity index (χ3n) is 3.35. The van der Waals surface area contributed by atoms with E-state index in [1.165, 1.54) is 0 Å². The van der Waals surface area contributed by atoms with Crippen LogP contribution in [-0.2, 0) is 0 Å². The number of amides is 2. The van der Waals surface area contributed by atoms with Crippen LogP contribution in [0.25, 0.3) is 0 Å². The number of hydrogen-bond donors (Lipinski definition) is 3. The summed E-state index contributed by atoms with van der Waals surface area (Å²) in [6, 6.07) is 0. The second-order valence-electron chi connectivity index (χ2n) is 4.37. The van der Waals surface area contributed by atoms with Gasteiger partial charge in [-0.05, 0) is 12.8 Å². The predicted octanol–water partition coefficient (Wildman–Crippen LogP) is 1.08. The van der Waals surface area contributed by atoms with E-state index in [2.05, 4.69) is 5.53 Å². The molecule has 1 saturated heterocycles. The quantitative estimate of drug-likeness (QED) is 0.578. The maximum absolute atomic E-state index is 11.1. The summed E-state index contributed by atoms with van der Waals surface area (Å²) >= 11 is 0. The highest BCUT2D eigenvalue weighted by Gasteiger charge is 2.49. The fourth-order valence-corrected chi connectivity index (χ4v) is 2.57. The minimum atomic E-state index is -1.14. The molecule has 16 heavy (non-hydrogen) atoms. The Morgan fingerprint density at radius 2 is 1.69 bits per heavy atom. The van der Waals surface area contributed by atoms with Crippen molar-refractivity contribution in [2.75, 3.05) is 6.54 Å². The average Bonchev–Trinajstić information content (AvgIpc) is 2.59. The topological polar surface area (TPSA) is 93.1 Å². The summed E-state index contributed by atoms with van der Waals surface area (Å²) in [4.78, 5) is 21.9. The Labute approximate surface area is 92.6 Å². The molecule has 1 aliphatic heterocycles. The van der Waals surface area contributed by atoms with E-state index >= 15 is 0 Å². The molecule has 0 aromatic heterocycles. The molecule has 2 rings (SSSR count). The van der Waals surface area contributed by atoms with Crippen molar-refractivity contribution in [3.63, 3.8) is 0 Å². The number of hydrogen-bond acceptors (Lipinski definition) is 3. The molecule has 1 aliphatic carbocycles. The molecule has 2 aliphatic rings. The van der Waals surface area contributed by atoms with Gasteiger partial charge in [0.1, 0.15) is 0 Å². The van der Waals surface area contributed by atoms with Gasteiger partial charge in [-0.2, -0.15) is 0 Å². The summed E-state index contributed by atoms with van der Waals surface area (Å²) in [5, 5.41) is 19.9. The Morgan fingerprint density at radius 1 is 1.06 bits per heavy atom. The lowest BCUT2D eigenvalue weighted by atomic mass is 9.81. The maximum atomic E-state index is 11.1. The number of nitrogens with one attached hydrogen (secondary N) is 1. The van der Waals surface area contributed by atoms with Crippen molar-refractivity contribution in [1.29, 1.82) is 0 Å². The van der Waals surface area contributed by atoms with Crippen LogP contribution in [0.3, 0.4) is 0 Å². The minimum absolute atomic E-state index is 0.217. The second-order valence-corrected chi connectivity index (χ2v) is 4.37. The first-order valence-electron chi connectivity index (χ1n) is 5.35. The highest BCUT2D eigenvalue weighted by Crippen LogP contribution is 2.36. The third-order valence-corrected chi connectivity index (χ3v) is 3.35. The molecule has 0 unspecified atom stereocenters. The molecule has 0 radical (unpaired) electrons. The Hall–Kier alpha value is -1.50. The molecule has 1 spiro atoms. The summed E-state index contributed by atoms with van der Waals surface area (Å²) < 4.78 is 0. The summed E-state index contributed by atoms with van der Waals surface area (Å²) in [6.07, 6.45) is 2.14. The standard InChI is InChI=1S/C9H15N3O4/c13-7(14)11-6-9(4-2-1-3-5-9)12(10-11)8(15)16/h10H,1-6H2,(H,13,14)(H,15,16). The summed E-state index contributed by atoms with van der Waals surface area (Å²) in [7, 11) is 0. The zero-order chi connectivity index (χ0) is 11.8. The fraction of sp³-hybridized carbons (Fsp3) is 0.778. The number of hydrazine groups is 2. The van der Waals surface area contributed by atoms with Gasteiger partial charge in [-0.25, -0.2) is 19.6 Å². The van der Waals surface area contributed by atoms with Gasteiger partial charge in [-0.1, -0.05) is 19.3 Å². The molecule has 7 heteroatoms. The highest BCUT2D eigenvalue weighted by molar-refractivity contribution is 5.69. The monoisotopic (exact) mass is 229 g/mol. The molecule has 2 fully saturated rings. The SMILES string of the molecule is O=C(O)N1CC2(CCCCC2)N(C(=O)O)N1. The Bertz CT molecular complexity index is 314. The molecule has 0 aromatic carbocycles. The summed E-state index contributed by atoms with van der Waals surface area (Å²) in [6.45, 7) is 0.217. The van der Waals surface area contributed by atoms with Crippen LogP contribution in [0.1, 0.15) is 32.1 Å². The van der Waals surface area contributed by atoms with Crippen LogP contribution in [0.4, 0.5) is 9.59 Å². The van der Waals surface area contributed by atoms with E-state index in [0.717, 1.165) is 42.1 Å². The fourth-order valence-electron chi connectivity index (χ4n) is 2.57. The molecule has 3 N–H and O–H groups in total. The molecule has 1 heterocycles. The van der Waals surface area contributed by atoms with E-state index in [-0.39, 0.29) is 6.54 Å². The molecule has 2 amide bonds. The van der Waals surface area contributed by atoms with Crippen LogP contribution in [-0.4, -0.2) is 44.5 Å². The molecule has 1 saturated carbocycles. The van der Waals surface area contributed by atoms with E-state index in [4.69, 9.17) is 10.2 Å². The molecule has 0 aromatic rings. The molecule has 0 atom stereocenters. The van der Waals surface area contributed by atoms with Gasteiger partial charge in [0.25, 0.3) is 0 Å². The largest absolute Gasteiger partial charge is 0.464 e. The van der Waals surface area contributed by atoms with Crippen molar-refractivity contribution in [2.45, 2.75) is 37.6 Å². The molecular formula is C9H15N3O4. The van der Waals surface area contributed by atoms with Crippen LogP contribution in [0, 0.1) is 0 Å². The zero-order valence-electron chi connectivity index (χ0n) is 8.85. The predicted molar refractivity (Wildman–Crippen MR) is 53.5 cm³/mol. The van der Waals surface area contributed by atoms with Crippen molar-refractivity contribution in [1.82, 2.24) is 15.6 Å². The number of carboxylic acid groups (broad SMARTS) is 2. The van der Waals surface area contributed by atoms with Gasteiger partial charge in [0.2, 0.25) is 0 Å². The van der Waals surface area contributed by atoms with Gasteiger partial charge in [0.05, 0.1) is 12.1 Å². The Morgan fingerprint density at radius 3 is 2.19 bits per heavy atom. The van der Waals surface area contributed by atoms with Gasteiger partial charge in [0, 0.05) is 0 Å². The van der Waals surface area contributed by atoms with Crippen LogP contribution < -0.4 is 5.53 Å². The number of carbonyl (C=O) groups is 2. The molecule has 7 nitrogen and oxygen atoms in total. The first-order chi connectivity index (χ1) is 7.55.